The van der Waals surface area contributed by atoms with E-state index in [1.54, 1.807) is 24.3 Å². The van der Waals surface area contributed by atoms with E-state index in [0.29, 0.717) is 23.8 Å². The third-order valence-electron chi connectivity index (χ3n) is 3.66. The Morgan fingerprint density at radius 1 is 1.13 bits per heavy atom. The van der Waals surface area contributed by atoms with Crippen LogP contribution in [-0.2, 0) is 4.74 Å². The van der Waals surface area contributed by atoms with Crippen molar-refractivity contribution in [3.8, 4) is 0 Å². The van der Waals surface area contributed by atoms with Crippen molar-refractivity contribution >= 4 is 44.8 Å². The van der Waals surface area contributed by atoms with Crippen LogP contribution in [0.5, 0.6) is 0 Å². The molecule has 1 amide bonds. The van der Waals surface area contributed by atoms with Crippen LogP contribution >= 0.6 is 27.5 Å². The first-order valence-electron chi connectivity index (χ1n) is 7.32. The van der Waals surface area contributed by atoms with Crippen molar-refractivity contribution in [2.45, 2.75) is 0 Å². The van der Waals surface area contributed by atoms with Crippen molar-refractivity contribution < 1.29 is 9.53 Å². The summed E-state index contributed by atoms with van der Waals surface area (Å²) in [6.07, 6.45) is 0. The number of anilines is 2. The average molecular weight is 396 g/mol. The molecule has 4 nitrogen and oxygen atoms in total. The molecule has 0 saturated carbocycles. The number of nitrogens with zero attached hydrogens (tertiary/aromatic N) is 1. The summed E-state index contributed by atoms with van der Waals surface area (Å²) in [6, 6.07) is 12.7. The van der Waals surface area contributed by atoms with E-state index in [2.05, 4.69) is 26.1 Å². The Morgan fingerprint density at radius 3 is 2.52 bits per heavy atom. The summed E-state index contributed by atoms with van der Waals surface area (Å²) < 4.78 is 6.31. The highest BCUT2D eigenvalue weighted by Gasteiger charge is 2.17. The maximum atomic E-state index is 12.5. The van der Waals surface area contributed by atoms with E-state index in [4.69, 9.17) is 16.3 Å². The Bertz CT molecular complexity index is 700. The lowest BCUT2D eigenvalue weighted by Crippen LogP contribution is -2.36. The third kappa shape index (κ3) is 4.05. The molecular formula is C17H16BrClN2O2. The molecule has 1 N–H and O–H groups in total. The van der Waals surface area contributed by atoms with E-state index in [1.807, 2.05) is 18.2 Å². The minimum atomic E-state index is -0.158. The Labute approximate surface area is 148 Å². The summed E-state index contributed by atoms with van der Waals surface area (Å²) in [7, 11) is 0. The number of rotatable bonds is 3. The highest BCUT2D eigenvalue weighted by atomic mass is 79.9. The van der Waals surface area contributed by atoms with Crippen LogP contribution in [0.2, 0.25) is 5.02 Å². The van der Waals surface area contributed by atoms with Crippen LogP contribution in [-0.4, -0.2) is 32.2 Å². The Morgan fingerprint density at radius 2 is 1.83 bits per heavy atom. The topological polar surface area (TPSA) is 41.6 Å². The van der Waals surface area contributed by atoms with Crippen LogP contribution in [0.1, 0.15) is 10.4 Å². The Hall–Kier alpha value is -1.56. The fourth-order valence-corrected chi connectivity index (χ4v) is 2.97. The molecular weight excluding hydrogens is 380 g/mol. The maximum absolute atomic E-state index is 12.5. The molecule has 2 aromatic rings. The first-order chi connectivity index (χ1) is 11.1. The minimum absolute atomic E-state index is 0.158. The number of morpholine rings is 1. The number of carbonyl (C=O) groups is 1. The van der Waals surface area contributed by atoms with Crippen LogP contribution in [0.15, 0.2) is 46.9 Å². The van der Waals surface area contributed by atoms with Crippen molar-refractivity contribution in [1.82, 2.24) is 0 Å². The number of halogens is 2. The molecule has 1 saturated heterocycles. The quantitative estimate of drug-likeness (QED) is 0.847. The number of carbonyl (C=O) groups excluding carboxylic acids is 1. The third-order valence-corrected chi connectivity index (χ3v) is 4.41. The van der Waals surface area contributed by atoms with Crippen molar-refractivity contribution in [2.75, 3.05) is 36.5 Å². The van der Waals surface area contributed by atoms with E-state index in [-0.39, 0.29) is 5.91 Å². The zero-order chi connectivity index (χ0) is 16.2. The second kappa shape index (κ2) is 7.34. The molecule has 6 heteroatoms. The molecule has 1 aliphatic heterocycles. The molecule has 0 spiro atoms. The van der Waals surface area contributed by atoms with Gasteiger partial charge in [0.05, 0.1) is 24.6 Å². The number of hydrogen-bond donors (Lipinski definition) is 1. The number of ether oxygens (including phenoxy) is 1. The maximum Gasteiger partial charge on any atom is 0.255 e. The van der Waals surface area contributed by atoms with Gasteiger partial charge in [0.2, 0.25) is 0 Å². The molecule has 0 aliphatic carbocycles. The van der Waals surface area contributed by atoms with E-state index < -0.39 is 0 Å². The molecule has 2 aromatic carbocycles. The smallest absolute Gasteiger partial charge is 0.255 e. The number of benzene rings is 2. The van der Waals surface area contributed by atoms with Crippen LogP contribution in [0.4, 0.5) is 11.4 Å². The highest BCUT2D eigenvalue weighted by molar-refractivity contribution is 9.10. The lowest BCUT2D eigenvalue weighted by molar-refractivity contribution is 0.102. The molecule has 0 aromatic heterocycles. The fourth-order valence-electron chi connectivity index (χ4n) is 2.48. The highest BCUT2D eigenvalue weighted by Crippen LogP contribution is 2.30. The van der Waals surface area contributed by atoms with Gasteiger partial charge >= 0.3 is 0 Å². The summed E-state index contributed by atoms with van der Waals surface area (Å²) >= 11 is 9.33. The Balaban J connectivity index is 1.84. The standard InChI is InChI=1S/C17H16BrClN2O2/c18-13-3-6-16(21-7-9-23-10-8-21)15(11-13)20-17(22)12-1-4-14(19)5-2-12/h1-6,11H,7-10H2,(H,20,22). The van der Waals surface area contributed by atoms with Gasteiger partial charge in [-0.3, -0.25) is 4.79 Å². The van der Waals surface area contributed by atoms with Gasteiger partial charge in [0.25, 0.3) is 5.91 Å². The summed E-state index contributed by atoms with van der Waals surface area (Å²) in [5.74, 6) is -0.158. The first-order valence-corrected chi connectivity index (χ1v) is 8.50. The average Bonchev–Trinajstić information content (AvgIpc) is 2.56. The summed E-state index contributed by atoms with van der Waals surface area (Å²) in [5.41, 5.74) is 2.35. The number of amides is 1. The lowest BCUT2D eigenvalue weighted by Gasteiger charge is -2.30. The second-order valence-corrected chi connectivity index (χ2v) is 6.57. The molecule has 0 atom stereocenters. The van der Waals surface area contributed by atoms with Gasteiger partial charge in [-0.05, 0) is 42.5 Å². The molecule has 3 rings (SSSR count). The molecule has 0 radical (unpaired) electrons. The largest absolute Gasteiger partial charge is 0.378 e. The van der Waals surface area contributed by atoms with Gasteiger partial charge in [0, 0.05) is 28.1 Å². The van der Waals surface area contributed by atoms with E-state index >= 15 is 0 Å². The zero-order valence-electron chi connectivity index (χ0n) is 12.4. The molecule has 0 unspecified atom stereocenters. The molecule has 1 heterocycles. The summed E-state index contributed by atoms with van der Waals surface area (Å²) in [6.45, 7) is 3.01. The van der Waals surface area contributed by atoms with Crippen LogP contribution in [0.3, 0.4) is 0 Å². The number of hydrogen-bond acceptors (Lipinski definition) is 3. The van der Waals surface area contributed by atoms with Crippen molar-refractivity contribution in [3.63, 3.8) is 0 Å². The van der Waals surface area contributed by atoms with Crippen molar-refractivity contribution in [2.24, 2.45) is 0 Å². The monoisotopic (exact) mass is 394 g/mol. The SMILES string of the molecule is O=C(Nc1cc(Br)ccc1N1CCOCC1)c1ccc(Cl)cc1. The number of nitrogens with one attached hydrogen (secondary N) is 1. The van der Waals surface area contributed by atoms with Crippen LogP contribution in [0.25, 0.3) is 0 Å². The zero-order valence-corrected chi connectivity index (χ0v) is 14.7. The van der Waals surface area contributed by atoms with Gasteiger partial charge in [-0.2, -0.15) is 0 Å². The van der Waals surface area contributed by atoms with E-state index in [0.717, 1.165) is 28.9 Å². The molecule has 1 fully saturated rings. The van der Waals surface area contributed by atoms with Crippen molar-refractivity contribution in [3.05, 3.63) is 57.5 Å². The second-order valence-electron chi connectivity index (χ2n) is 5.22. The van der Waals surface area contributed by atoms with Gasteiger partial charge in [0.1, 0.15) is 0 Å². The molecule has 0 bridgehead atoms. The first kappa shape index (κ1) is 16.3. The van der Waals surface area contributed by atoms with E-state index in [1.165, 1.54) is 0 Å². The predicted molar refractivity (Wildman–Crippen MR) is 96.6 cm³/mol. The summed E-state index contributed by atoms with van der Waals surface area (Å²) in [4.78, 5) is 14.7. The van der Waals surface area contributed by atoms with Gasteiger partial charge in [0.15, 0.2) is 0 Å². The van der Waals surface area contributed by atoms with Gasteiger partial charge < -0.3 is 15.0 Å². The summed E-state index contributed by atoms with van der Waals surface area (Å²) in [5, 5.41) is 3.60. The van der Waals surface area contributed by atoms with Crippen LogP contribution in [0, 0.1) is 0 Å². The van der Waals surface area contributed by atoms with Crippen LogP contribution < -0.4 is 10.2 Å². The molecule has 120 valence electrons. The van der Waals surface area contributed by atoms with Gasteiger partial charge in [-0.1, -0.05) is 27.5 Å². The van der Waals surface area contributed by atoms with E-state index in [9.17, 15) is 4.79 Å². The molecule has 23 heavy (non-hydrogen) atoms. The lowest BCUT2D eigenvalue weighted by atomic mass is 10.2. The predicted octanol–water partition coefficient (Wildman–Crippen LogP) is 4.19. The molecule has 1 aliphatic rings. The Kier molecular flexibility index (Phi) is 5.20. The van der Waals surface area contributed by atoms with Gasteiger partial charge in [-0.15, -0.1) is 0 Å². The van der Waals surface area contributed by atoms with Gasteiger partial charge in [-0.25, -0.2) is 0 Å². The minimum Gasteiger partial charge on any atom is -0.378 e. The van der Waals surface area contributed by atoms with Crippen molar-refractivity contribution in [1.29, 1.82) is 0 Å². The normalized spacial score (nSPS) is 14.6. The fraction of sp³-hybridized carbons (Fsp3) is 0.235.